The number of hydrogen-bond acceptors (Lipinski definition) is 8. The number of methoxy groups -OCH3 is 2. The molecule has 0 spiro atoms. The van der Waals surface area contributed by atoms with Crippen molar-refractivity contribution in [1.82, 2.24) is 5.01 Å². The highest BCUT2D eigenvalue weighted by molar-refractivity contribution is 9.10. The lowest BCUT2D eigenvalue weighted by molar-refractivity contribution is -0.138. The Morgan fingerprint density at radius 1 is 0.868 bits per heavy atom. The van der Waals surface area contributed by atoms with Crippen LogP contribution in [-0.4, -0.2) is 48.0 Å². The van der Waals surface area contributed by atoms with Gasteiger partial charge in [0.15, 0.2) is 11.5 Å². The van der Waals surface area contributed by atoms with Crippen molar-refractivity contribution >= 4 is 74.1 Å². The number of imide groups is 2. The van der Waals surface area contributed by atoms with Crippen molar-refractivity contribution in [3.63, 3.8) is 0 Å². The minimum absolute atomic E-state index is 0.102. The van der Waals surface area contributed by atoms with Crippen LogP contribution in [0.4, 0.5) is 11.4 Å². The maximum absolute atomic E-state index is 15.4. The van der Waals surface area contributed by atoms with Crippen LogP contribution in [0, 0.1) is 23.7 Å². The molecule has 0 aromatic heterocycles. The van der Waals surface area contributed by atoms with Gasteiger partial charge < -0.3 is 14.6 Å². The van der Waals surface area contributed by atoms with Crippen LogP contribution in [0.15, 0.2) is 101 Å². The number of anilines is 2. The molecule has 2 N–H and O–H groups in total. The second kappa shape index (κ2) is 13.2. The number of ether oxygens (including phenoxy) is 2. The quantitative estimate of drug-likeness (QED) is 0.144. The number of hydrazine groups is 1. The topological polar surface area (TPSA) is 125 Å². The molecule has 53 heavy (non-hydrogen) atoms. The molecule has 0 bridgehead atoms. The molecule has 10 nitrogen and oxygen atoms in total. The number of amides is 4. The van der Waals surface area contributed by atoms with Gasteiger partial charge in [-0.1, -0.05) is 65.2 Å². The van der Waals surface area contributed by atoms with Gasteiger partial charge in [0.1, 0.15) is 5.75 Å². The molecule has 4 aliphatic rings. The molecule has 6 atom stereocenters. The summed E-state index contributed by atoms with van der Waals surface area (Å²) in [5.41, 5.74) is 4.05. The Hall–Kier alpha value is -4.84. The third-order valence-corrected chi connectivity index (χ3v) is 12.4. The number of halogens is 3. The molecule has 2 aliphatic carbocycles. The number of benzene rings is 4. The first-order valence-corrected chi connectivity index (χ1v) is 18.5. The molecule has 13 heteroatoms. The van der Waals surface area contributed by atoms with Gasteiger partial charge in [-0.3, -0.25) is 29.5 Å². The average Bonchev–Trinajstić information content (AvgIpc) is 3.54. The number of hydrogen-bond donors (Lipinski definition) is 2. The molecule has 4 aromatic rings. The number of allylic oxidation sites excluding steroid dienone is 2. The minimum atomic E-state index is -1.57. The lowest BCUT2D eigenvalue weighted by Gasteiger charge is -2.50. The molecule has 2 saturated heterocycles. The third-order valence-electron chi connectivity index (χ3n) is 11.2. The number of rotatable bonds is 7. The van der Waals surface area contributed by atoms with Crippen LogP contribution < -0.4 is 19.8 Å². The Morgan fingerprint density at radius 3 is 2.28 bits per heavy atom. The van der Waals surface area contributed by atoms with Crippen LogP contribution in [0.2, 0.25) is 10.0 Å². The zero-order chi connectivity index (χ0) is 37.3. The number of aromatic hydroxyl groups is 1. The fraction of sp³-hybridized carbons (Fsp3) is 0.250. The summed E-state index contributed by atoms with van der Waals surface area (Å²) >= 11 is 16.2. The standard InChI is InChI=1S/C40H32BrCl2N3O7/c1-52-24-11-8-21(9-12-24)40-28(37(49)46(39(40)51)44-31-15-10-22(42)18-30(31)43)19-27-25(34(40)20-16-29(41)35(47)32(17-20)53-2)13-14-26-33(27)38(50)45(36(26)48)23-6-4-3-5-7-23/h3-13,15-18,26-28,33-34,44,47H,14,19H2,1-2H3/t26-,27+,28-,33-,34-,40+/m0/s1. The van der Waals surface area contributed by atoms with Gasteiger partial charge >= 0.3 is 0 Å². The van der Waals surface area contributed by atoms with Gasteiger partial charge in [0.2, 0.25) is 11.8 Å². The fourth-order valence-electron chi connectivity index (χ4n) is 8.97. The summed E-state index contributed by atoms with van der Waals surface area (Å²) in [5.74, 6) is -5.04. The molecule has 8 rings (SSSR count). The van der Waals surface area contributed by atoms with Crippen LogP contribution >= 0.6 is 39.1 Å². The lowest BCUT2D eigenvalue weighted by Crippen LogP contribution is -2.53. The van der Waals surface area contributed by atoms with Crippen LogP contribution in [0.25, 0.3) is 0 Å². The fourth-order valence-corrected chi connectivity index (χ4v) is 9.88. The molecule has 4 aromatic carbocycles. The summed E-state index contributed by atoms with van der Waals surface area (Å²) in [6.45, 7) is 0. The number of phenolic OH excluding ortho intramolecular Hbond substituents is 1. The van der Waals surface area contributed by atoms with Crippen molar-refractivity contribution in [2.24, 2.45) is 23.7 Å². The van der Waals surface area contributed by atoms with E-state index in [4.69, 9.17) is 32.7 Å². The van der Waals surface area contributed by atoms with Gasteiger partial charge in [0.05, 0.1) is 58.3 Å². The predicted molar refractivity (Wildman–Crippen MR) is 202 cm³/mol. The number of phenols is 1. The van der Waals surface area contributed by atoms with Gasteiger partial charge in [-0.25, -0.2) is 0 Å². The van der Waals surface area contributed by atoms with E-state index in [-0.39, 0.29) is 41.2 Å². The second-order valence-electron chi connectivity index (χ2n) is 13.6. The molecule has 0 unspecified atom stereocenters. The van der Waals surface area contributed by atoms with Crippen LogP contribution in [-0.2, 0) is 24.6 Å². The van der Waals surface area contributed by atoms with E-state index in [2.05, 4.69) is 21.4 Å². The van der Waals surface area contributed by atoms with E-state index in [1.54, 1.807) is 72.8 Å². The maximum atomic E-state index is 15.4. The SMILES string of the molecule is COc1ccc([C@@]23C(=O)N(Nc4ccc(Cl)cc4Cl)C(=O)[C@@H]2C[C@@H]2C(=CC[C@@H]4C(=O)N(c5ccccc5)C(=O)[C@@H]42)[C@@H]3c2cc(Br)c(O)c(OC)c2)cc1. The summed E-state index contributed by atoms with van der Waals surface area (Å²) in [6.07, 6.45) is 2.32. The molecular formula is C40H32BrCl2N3O7. The molecular weight excluding hydrogens is 785 g/mol. The number of carbonyl (C=O) groups is 4. The van der Waals surface area contributed by atoms with Crippen LogP contribution in [0.5, 0.6) is 17.2 Å². The minimum Gasteiger partial charge on any atom is -0.503 e. The van der Waals surface area contributed by atoms with Crippen molar-refractivity contribution in [3.8, 4) is 17.2 Å². The number of nitrogens with zero attached hydrogens (tertiary/aromatic N) is 2. The molecule has 2 heterocycles. The largest absolute Gasteiger partial charge is 0.503 e. The third kappa shape index (κ3) is 5.26. The normalized spacial score (nSPS) is 26.2. The monoisotopic (exact) mass is 815 g/mol. The Balaban J connectivity index is 1.36. The van der Waals surface area contributed by atoms with Gasteiger partial charge in [-0.15, -0.1) is 0 Å². The predicted octanol–water partition coefficient (Wildman–Crippen LogP) is 7.67. The zero-order valence-corrected chi connectivity index (χ0v) is 31.5. The first kappa shape index (κ1) is 35.2. The average molecular weight is 818 g/mol. The number of para-hydroxylation sites is 1. The molecule has 4 amide bonds. The number of nitrogens with one attached hydrogen (secondary N) is 1. The van der Waals surface area contributed by atoms with Crippen LogP contribution in [0.3, 0.4) is 0 Å². The van der Waals surface area contributed by atoms with E-state index in [9.17, 15) is 19.5 Å². The van der Waals surface area contributed by atoms with E-state index in [0.29, 0.717) is 37.7 Å². The van der Waals surface area contributed by atoms with Crippen molar-refractivity contribution in [2.45, 2.75) is 24.2 Å². The Labute approximate surface area is 323 Å². The van der Waals surface area contributed by atoms with Crippen molar-refractivity contribution in [1.29, 1.82) is 0 Å². The van der Waals surface area contributed by atoms with E-state index >= 15 is 4.79 Å². The Morgan fingerprint density at radius 2 is 1.60 bits per heavy atom. The summed E-state index contributed by atoms with van der Waals surface area (Å²) in [7, 11) is 2.96. The van der Waals surface area contributed by atoms with Gasteiger partial charge in [0.25, 0.3) is 11.8 Å². The van der Waals surface area contributed by atoms with E-state index < -0.39 is 46.8 Å². The van der Waals surface area contributed by atoms with Crippen LogP contribution in [0.1, 0.15) is 29.9 Å². The van der Waals surface area contributed by atoms with Gasteiger partial charge in [-0.05, 0) is 100 Å². The summed E-state index contributed by atoms with van der Waals surface area (Å²) in [5, 5.41) is 12.5. The smallest absolute Gasteiger partial charge is 0.260 e. The Bertz CT molecular complexity index is 2230. The van der Waals surface area contributed by atoms with E-state index in [1.807, 2.05) is 12.1 Å². The zero-order valence-electron chi connectivity index (χ0n) is 28.4. The molecule has 0 radical (unpaired) electrons. The highest BCUT2D eigenvalue weighted by Gasteiger charge is 2.70. The summed E-state index contributed by atoms with van der Waals surface area (Å²) in [6, 6.07) is 23.9. The van der Waals surface area contributed by atoms with Gasteiger partial charge in [-0.2, -0.15) is 5.01 Å². The van der Waals surface area contributed by atoms with Gasteiger partial charge in [0, 0.05) is 10.9 Å². The van der Waals surface area contributed by atoms with Crippen molar-refractivity contribution in [3.05, 3.63) is 122 Å². The van der Waals surface area contributed by atoms with E-state index in [0.717, 1.165) is 10.6 Å². The van der Waals surface area contributed by atoms with Crippen molar-refractivity contribution < 1.29 is 33.8 Å². The lowest BCUT2D eigenvalue weighted by atomic mass is 9.49. The Kier molecular flexibility index (Phi) is 8.79. The van der Waals surface area contributed by atoms with Crippen molar-refractivity contribution in [2.75, 3.05) is 24.5 Å². The number of fused-ring (bicyclic) bond motifs is 4. The maximum Gasteiger partial charge on any atom is 0.260 e. The molecule has 270 valence electrons. The van der Waals surface area contributed by atoms with E-state index in [1.165, 1.54) is 25.2 Å². The first-order valence-electron chi connectivity index (χ1n) is 16.9. The highest BCUT2D eigenvalue weighted by atomic mass is 79.9. The summed E-state index contributed by atoms with van der Waals surface area (Å²) in [4.78, 5) is 60.1. The highest BCUT2D eigenvalue weighted by Crippen LogP contribution is 2.65. The second-order valence-corrected chi connectivity index (χ2v) is 15.3. The molecule has 2 aliphatic heterocycles. The number of carbonyl (C=O) groups excluding carboxylic acids is 4. The summed E-state index contributed by atoms with van der Waals surface area (Å²) < 4.78 is 11.4. The molecule has 3 fully saturated rings. The molecule has 1 saturated carbocycles. The first-order chi connectivity index (χ1) is 25.5.